The Labute approximate surface area is 168 Å². The Morgan fingerprint density at radius 3 is 2.46 bits per heavy atom. The van der Waals surface area contributed by atoms with Crippen LogP contribution in [0.2, 0.25) is 0 Å². The van der Waals surface area contributed by atoms with Gasteiger partial charge in [0.25, 0.3) is 0 Å². The van der Waals surface area contributed by atoms with Gasteiger partial charge >= 0.3 is 6.09 Å². The second kappa shape index (κ2) is 10.9. The van der Waals surface area contributed by atoms with E-state index in [-0.39, 0.29) is 12.2 Å². The molecule has 1 saturated heterocycles. The molecule has 0 saturated carbocycles. The quantitative estimate of drug-likeness (QED) is 0.576. The van der Waals surface area contributed by atoms with E-state index in [2.05, 4.69) is 17.1 Å². The summed E-state index contributed by atoms with van der Waals surface area (Å²) in [6.07, 6.45) is 6.68. The Hall–Kier alpha value is -2.33. The zero-order valence-electron chi connectivity index (χ0n) is 16.9. The van der Waals surface area contributed by atoms with Crippen molar-refractivity contribution in [2.24, 2.45) is 0 Å². The van der Waals surface area contributed by atoms with E-state index in [9.17, 15) is 4.79 Å². The van der Waals surface area contributed by atoms with E-state index in [1.54, 1.807) is 0 Å². The maximum atomic E-state index is 12.4. The van der Waals surface area contributed by atoms with E-state index in [4.69, 9.17) is 4.74 Å². The molecule has 2 aromatic carbocycles. The van der Waals surface area contributed by atoms with Gasteiger partial charge in [0.05, 0.1) is 5.69 Å². The van der Waals surface area contributed by atoms with Crippen molar-refractivity contribution in [1.29, 1.82) is 0 Å². The summed E-state index contributed by atoms with van der Waals surface area (Å²) >= 11 is 0. The maximum absolute atomic E-state index is 12.4. The number of rotatable bonds is 8. The van der Waals surface area contributed by atoms with Gasteiger partial charge in [-0.1, -0.05) is 74.7 Å². The summed E-state index contributed by atoms with van der Waals surface area (Å²) in [6, 6.07) is 17.9. The smallest absolute Gasteiger partial charge is 0.411 e. The van der Waals surface area contributed by atoms with E-state index >= 15 is 0 Å². The molecule has 0 aliphatic carbocycles. The number of hydrogen-bond acceptors (Lipinski definition) is 3. The molecular weight excluding hydrogens is 348 g/mol. The van der Waals surface area contributed by atoms with Gasteiger partial charge < -0.3 is 9.64 Å². The van der Waals surface area contributed by atoms with Crippen LogP contribution in [0.3, 0.4) is 0 Å². The van der Waals surface area contributed by atoms with Crippen molar-refractivity contribution in [2.75, 3.05) is 25.0 Å². The first-order chi connectivity index (χ1) is 13.8. The number of amides is 1. The van der Waals surface area contributed by atoms with Crippen LogP contribution < -0.4 is 5.32 Å². The fourth-order valence-corrected chi connectivity index (χ4v) is 3.77. The van der Waals surface area contributed by atoms with E-state index < -0.39 is 0 Å². The van der Waals surface area contributed by atoms with Crippen molar-refractivity contribution in [2.45, 2.75) is 51.6 Å². The third-order valence-corrected chi connectivity index (χ3v) is 5.38. The molecule has 0 spiro atoms. The van der Waals surface area contributed by atoms with Crippen LogP contribution in [-0.2, 0) is 4.74 Å². The topological polar surface area (TPSA) is 41.6 Å². The van der Waals surface area contributed by atoms with Gasteiger partial charge in [-0.2, -0.15) is 0 Å². The number of likely N-dealkylation sites (tertiary alicyclic amines) is 1. The molecule has 0 aromatic heterocycles. The van der Waals surface area contributed by atoms with Crippen LogP contribution in [-0.4, -0.2) is 36.7 Å². The van der Waals surface area contributed by atoms with Gasteiger partial charge in [0.1, 0.15) is 6.10 Å². The Morgan fingerprint density at radius 1 is 1.00 bits per heavy atom. The molecule has 1 aliphatic heterocycles. The number of carbonyl (C=O) groups excluding carboxylic acids is 1. The lowest BCUT2D eigenvalue weighted by Crippen LogP contribution is -2.38. The van der Waals surface area contributed by atoms with Gasteiger partial charge in [-0.15, -0.1) is 0 Å². The Bertz CT molecular complexity index is 724. The average Bonchev–Trinajstić information content (AvgIpc) is 2.73. The highest BCUT2D eigenvalue weighted by molar-refractivity contribution is 5.91. The molecule has 28 heavy (non-hydrogen) atoms. The van der Waals surface area contributed by atoms with Gasteiger partial charge in [-0.3, -0.25) is 5.32 Å². The number of carbonyl (C=O) groups is 1. The van der Waals surface area contributed by atoms with Crippen LogP contribution in [0.1, 0.15) is 45.4 Å². The molecule has 0 radical (unpaired) electrons. The lowest BCUT2D eigenvalue weighted by molar-refractivity contribution is 0.0585. The normalized spacial score (nSPS) is 15.3. The summed E-state index contributed by atoms with van der Waals surface area (Å²) in [7, 11) is 0. The molecule has 150 valence electrons. The van der Waals surface area contributed by atoms with Gasteiger partial charge in [0, 0.05) is 18.7 Å². The number of benzene rings is 2. The highest BCUT2D eigenvalue weighted by Gasteiger charge is 2.22. The number of nitrogens with zero attached hydrogens (tertiary/aromatic N) is 1. The van der Waals surface area contributed by atoms with E-state index in [1.807, 2.05) is 54.6 Å². The number of piperidine rings is 1. The summed E-state index contributed by atoms with van der Waals surface area (Å²) in [5.74, 6) is 0. The van der Waals surface area contributed by atoms with Crippen LogP contribution in [0.15, 0.2) is 54.6 Å². The molecule has 4 nitrogen and oxygen atoms in total. The Kier molecular flexibility index (Phi) is 7.92. The first-order valence-electron chi connectivity index (χ1n) is 10.6. The maximum Gasteiger partial charge on any atom is 0.411 e. The molecule has 1 heterocycles. The predicted molar refractivity (Wildman–Crippen MR) is 116 cm³/mol. The summed E-state index contributed by atoms with van der Waals surface area (Å²) < 4.78 is 5.70. The minimum Gasteiger partial charge on any atom is -0.446 e. The predicted octanol–water partition coefficient (Wildman–Crippen LogP) is 5.95. The number of ether oxygens (including phenoxy) is 1. The van der Waals surface area contributed by atoms with Crippen molar-refractivity contribution in [3.8, 4) is 11.1 Å². The van der Waals surface area contributed by atoms with Gasteiger partial charge in [0.2, 0.25) is 0 Å². The molecule has 3 rings (SSSR count). The molecule has 0 bridgehead atoms. The molecule has 0 unspecified atom stereocenters. The summed E-state index contributed by atoms with van der Waals surface area (Å²) in [5, 5.41) is 2.94. The van der Waals surface area contributed by atoms with E-state index in [0.717, 1.165) is 42.7 Å². The van der Waals surface area contributed by atoms with Gasteiger partial charge in [-0.05, 0) is 37.4 Å². The van der Waals surface area contributed by atoms with Crippen molar-refractivity contribution in [3.63, 3.8) is 0 Å². The molecule has 1 amide bonds. The lowest BCUT2D eigenvalue weighted by atomic mass is 10.0. The Balaban J connectivity index is 1.47. The fraction of sp³-hybridized carbons (Fsp3) is 0.458. The summed E-state index contributed by atoms with van der Waals surface area (Å²) in [4.78, 5) is 14.9. The number of unbranched alkanes of at least 4 members (excludes halogenated alkanes) is 3. The molecule has 1 N–H and O–H groups in total. The third kappa shape index (κ3) is 6.10. The Morgan fingerprint density at radius 2 is 1.71 bits per heavy atom. The molecule has 4 heteroatoms. The molecule has 0 atom stereocenters. The minimum absolute atomic E-state index is 0.00998. The monoisotopic (exact) mass is 380 g/mol. The average molecular weight is 381 g/mol. The number of para-hydroxylation sites is 1. The standard InChI is InChI=1S/C24H32N2O2/c1-2-3-4-10-17-26-18-15-21(16-19-26)28-24(27)25-23-14-9-8-13-22(23)20-11-6-5-7-12-20/h5-9,11-14,21H,2-4,10,15-19H2,1H3,(H,25,27). The van der Waals surface area contributed by atoms with Crippen LogP contribution in [0.5, 0.6) is 0 Å². The van der Waals surface area contributed by atoms with E-state index in [1.165, 1.54) is 32.2 Å². The largest absolute Gasteiger partial charge is 0.446 e. The second-order valence-electron chi connectivity index (χ2n) is 7.54. The van der Waals surface area contributed by atoms with Gasteiger partial charge in [0.15, 0.2) is 0 Å². The minimum atomic E-state index is -0.357. The first kappa shape index (κ1) is 20.4. The highest BCUT2D eigenvalue weighted by Crippen LogP contribution is 2.28. The summed E-state index contributed by atoms with van der Waals surface area (Å²) in [6.45, 7) is 5.45. The lowest BCUT2D eigenvalue weighted by Gasteiger charge is -2.31. The van der Waals surface area contributed by atoms with Crippen molar-refractivity contribution in [3.05, 3.63) is 54.6 Å². The number of anilines is 1. The van der Waals surface area contributed by atoms with Crippen LogP contribution in [0, 0.1) is 0 Å². The zero-order valence-corrected chi connectivity index (χ0v) is 16.9. The molecule has 1 fully saturated rings. The SMILES string of the molecule is CCCCCCN1CCC(OC(=O)Nc2ccccc2-c2ccccc2)CC1. The van der Waals surface area contributed by atoms with Crippen LogP contribution in [0.4, 0.5) is 10.5 Å². The van der Waals surface area contributed by atoms with Crippen LogP contribution in [0.25, 0.3) is 11.1 Å². The molecular formula is C24H32N2O2. The third-order valence-electron chi connectivity index (χ3n) is 5.38. The van der Waals surface area contributed by atoms with Crippen molar-refractivity contribution in [1.82, 2.24) is 4.90 Å². The van der Waals surface area contributed by atoms with Gasteiger partial charge in [-0.25, -0.2) is 4.79 Å². The number of nitrogens with one attached hydrogen (secondary N) is 1. The van der Waals surface area contributed by atoms with Crippen molar-refractivity contribution >= 4 is 11.8 Å². The van der Waals surface area contributed by atoms with Crippen molar-refractivity contribution < 1.29 is 9.53 Å². The van der Waals surface area contributed by atoms with E-state index in [0.29, 0.717) is 0 Å². The second-order valence-corrected chi connectivity index (χ2v) is 7.54. The highest BCUT2D eigenvalue weighted by atomic mass is 16.6. The fourth-order valence-electron chi connectivity index (χ4n) is 3.77. The first-order valence-corrected chi connectivity index (χ1v) is 10.6. The summed E-state index contributed by atoms with van der Waals surface area (Å²) in [5.41, 5.74) is 2.86. The molecule has 2 aromatic rings. The van der Waals surface area contributed by atoms with Crippen LogP contribution >= 0.6 is 0 Å². The zero-order chi connectivity index (χ0) is 19.6. The number of hydrogen-bond donors (Lipinski definition) is 1. The molecule has 1 aliphatic rings.